The third-order valence-corrected chi connectivity index (χ3v) is 4.50. The van der Waals surface area contributed by atoms with Crippen LogP contribution in [0.15, 0.2) is 54.6 Å². The fraction of sp³-hybridized carbons (Fsp3) is 0.200. The molecule has 2 aromatic carbocycles. The fourth-order valence-corrected chi connectivity index (χ4v) is 3.37. The molecular weight excluding hydrogens is 268 g/mol. The summed E-state index contributed by atoms with van der Waals surface area (Å²) in [7, 11) is 2.20. The van der Waals surface area contributed by atoms with Crippen molar-refractivity contribution in [2.24, 2.45) is 0 Å². The van der Waals surface area contributed by atoms with E-state index in [2.05, 4.69) is 83.4 Å². The number of hydrogen-bond acceptors (Lipinski definition) is 1. The van der Waals surface area contributed by atoms with E-state index in [9.17, 15) is 0 Å². The standard InChI is InChI=1S/C20H20N2/c1-21-13-12-20-18(15-21)17-9-5-6-10-19(17)22(20)14-11-16-7-3-2-4-8-16/h2-11,14H,12-13,15H2,1H3. The molecule has 0 aliphatic carbocycles. The van der Waals surface area contributed by atoms with Crippen LogP contribution in [0.4, 0.5) is 0 Å². The Labute approximate surface area is 131 Å². The van der Waals surface area contributed by atoms with Gasteiger partial charge in [0.2, 0.25) is 0 Å². The van der Waals surface area contributed by atoms with Crippen molar-refractivity contribution in [3.63, 3.8) is 0 Å². The second kappa shape index (κ2) is 5.47. The van der Waals surface area contributed by atoms with Gasteiger partial charge in [-0.15, -0.1) is 0 Å². The first kappa shape index (κ1) is 13.4. The first-order valence-electron chi connectivity index (χ1n) is 7.85. The predicted octanol–water partition coefficient (Wildman–Crippen LogP) is 4.26. The molecule has 0 saturated heterocycles. The van der Waals surface area contributed by atoms with Crippen molar-refractivity contribution in [1.29, 1.82) is 0 Å². The Morgan fingerprint density at radius 2 is 1.73 bits per heavy atom. The van der Waals surface area contributed by atoms with Crippen molar-refractivity contribution in [3.8, 4) is 0 Å². The molecule has 1 aliphatic heterocycles. The van der Waals surface area contributed by atoms with Gasteiger partial charge in [-0.25, -0.2) is 0 Å². The first-order valence-corrected chi connectivity index (χ1v) is 7.85. The average molecular weight is 288 g/mol. The number of rotatable bonds is 2. The molecule has 0 amide bonds. The molecule has 0 spiro atoms. The Hall–Kier alpha value is -2.32. The van der Waals surface area contributed by atoms with Crippen molar-refractivity contribution in [1.82, 2.24) is 9.47 Å². The maximum atomic E-state index is 2.40. The van der Waals surface area contributed by atoms with E-state index in [1.165, 1.54) is 27.7 Å². The summed E-state index contributed by atoms with van der Waals surface area (Å²) >= 11 is 0. The van der Waals surface area contributed by atoms with Crippen molar-refractivity contribution in [3.05, 3.63) is 71.4 Å². The maximum Gasteiger partial charge on any atom is 0.0528 e. The van der Waals surface area contributed by atoms with Crippen LogP contribution in [0.25, 0.3) is 23.2 Å². The van der Waals surface area contributed by atoms with Gasteiger partial charge in [-0.3, -0.25) is 0 Å². The van der Waals surface area contributed by atoms with E-state index >= 15 is 0 Å². The molecule has 3 aromatic rings. The highest BCUT2D eigenvalue weighted by molar-refractivity contribution is 5.88. The molecule has 22 heavy (non-hydrogen) atoms. The highest BCUT2D eigenvalue weighted by Gasteiger charge is 2.20. The lowest BCUT2D eigenvalue weighted by Gasteiger charge is -2.23. The largest absolute Gasteiger partial charge is 0.320 e. The third-order valence-electron chi connectivity index (χ3n) is 4.50. The second-order valence-corrected chi connectivity index (χ2v) is 6.03. The summed E-state index contributed by atoms with van der Waals surface area (Å²) in [6.45, 7) is 2.17. The highest BCUT2D eigenvalue weighted by Crippen LogP contribution is 2.30. The minimum atomic E-state index is 1.04. The van der Waals surface area contributed by atoms with E-state index in [1.807, 2.05) is 0 Å². The topological polar surface area (TPSA) is 8.17 Å². The number of hydrogen-bond donors (Lipinski definition) is 0. The lowest BCUT2D eigenvalue weighted by molar-refractivity contribution is 0.312. The van der Waals surface area contributed by atoms with Crippen LogP contribution in [0.2, 0.25) is 0 Å². The Bertz CT molecular complexity index is 828. The lowest BCUT2D eigenvalue weighted by Crippen LogP contribution is -2.26. The van der Waals surface area contributed by atoms with E-state index in [-0.39, 0.29) is 0 Å². The summed E-state index contributed by atoms with van der Waals surface area (Å²) in [6.07, 6.45) is 5.53. The maximum absolute atomic E-state index is 2.40. The van der Waals surface area contributed by atoms with Gasteiger partial charge in [0.25, 0.3) is 0 Å². The molecule has 1 aromatic heterocycles. The van der Waals surface area contributed by atoms with Crippen LogP contribution >= 0.6 is 0 Å². The molecule has 2 heterocycles. The van der Waals surface area contributed by atoms with Gasteiger partial charge < -0.3 is 9.47 Å². The number of benzene rings is 2. The van der Waals surface area contributed by atoms with Crippen molar-refractivity contribution in [2.45, 2.75) is 13.0 Å². The Morgan fingerprint density at radius 1 is 0.955 bits per heavy atom. The van der Waals surface area contributed by atoms with Gasteiger partial charge in [0.15, 0.2) is 0 Å². The average Bonchev–Trinajstić information content (AvgIpc) is 2.87. The van der Waals surface area contributed by atoms with E-state index < -0.39 is 0 Å². The van der Waals surface area contributed by atoms with Gasteiger partial charge >= 0.3 is 0 Å². The number of likely N-dealkylation sites (N-methyl/N-ethyl adjacent to an activating group) is 1. The van der Waals surface area contributed by atoms with Crippen molar-refractivity contribution in [2.75, 3.05) is 13.6 Å². The van der Waals surface area contributed by atoms with Gasteiger partial charge in [0, 0.05) is 36.8 Å². The second-order valence-electron chi connectivity index (χ2n) is 6.03. The summed E-state index contributed by atoms with van der Waals surface area (Å²) in [4.78, 5) is 2.40. The van der Waals surface area contributed by atoms with Crippen LogP contribution in [0.5, 0.6) is 0 Å². The molecule has 0 fully saturated rings. The van der Waals surface area contributed by atoms with Gasteiger partial charge in [0.05, 0.1) is 5.52 Å². The van der Waals surface area contributed by atoms with Crippen LogP contribution in [-0.4, -0.2) is 23.1 Å². The van der Waals surface area contributed by atoms with Gasteiger partial charge in [-0.2, -0.15) is 0 Å². The van der Waals surface area contributed by atoms with Gasteiger partial charge in [0.1, 0.15) is 0 Å². The van der Waals surface area contributed by atoms with Gasteiger partial charge in [-0.05, 0) is 30.3 Å². The Kier molecular flexibility index (Phi) is 3.32. The lowest BCUT2D eigenvalue weighted by atomic mass is 10.1. The number of nitrogens with zero attached hydrogens (tertiary/aromatic N) is 2. The van der Waals surface area contributed by atoms with Crippen LogP contribution in [0.1, 0.15) is 16.8 Å². The first-order chi connectivity index (χ1) is 10.8. The highest BCUT2D eigenvalue weighted by atomic mass is 15.1. The fourth-order valence-electron chi connectivity index (χ4n) is 3.37. The normalized spacial score (nSPS) is 15.5. The quantitative estimate of drug-likeness (QED) is 0.684. The van der Waals surface area contributed by atoms with E-state index in [0.29, 0.717) is 0 Å². The molecule has 0 atom stereocenters. The van der Waals surface area contributed by atoms with Gasteiger partial charge in [-0.1, -0.05) is 48.5 Å². The third kappa shape index (κ3) is 2.26. The molecule has 0 unspecified atom stereocenters. The Balaban J connectivity index is 1.85. The minimum absolute atomic E-state index is 1.04. The number of aromatic nitrogens is 1. The van der Waals surface area contributed by atoms with E-state index in [1.54, 1.807) is 0 Å². The SMILES string of the molecule is CN1CCc2c(c3ccccc3n2C=Cc2ccccc2)C1. The zero-order valence-electron chi connectivity index (χ0n) is 12.9. The number of fused-ring (bicyclic) bond motifs is 3. The molecule has 0 bridgehead atoms. The molecular formula is C20H20N2. The summed E-state index contributed by atoms with van der Waals surface area (Å²) in [5.41, 5.74) is 5.51. The summed E-state index contributed by atoms with van der Waals surface area (Å²) < 4.78 is 2.38. The molecule has 1 aliphatic rings. The summed E-state index contributed by atoms with van der Waals surface area (Å²) in [5, 5.41) is 1.39. The molecule has 110 valence electrons. The Morgan fingerprint density at radius 3 is 2.59 bits per heavy atom. The minimum Gasteiger partial charge on any atom is -0.320 e. The van der Waals surface area contributed by atoms with E-state index in [4.69, 9.17) is 0 Å². The van der Waals surface area contributed by atoms with Crippen LogP contribution in [0, 0.1) is 0 Å². The monoisotopic (exact) mass is 288 g/mol. The van der Waals surface area contributed by atoms with Crippen molar-refractivity contribution >= 4 is 23.2 Å². The molecule has 2 nitrogen and oxygen atoms in total. The smallest absolute Gasteiger partial charge is 0.0528 e. The predicted molar refractivity (Wildman–Crippen MR) is 93.6 cm³/mol. The summed E-state index contributed by atoms with van der Waals surface area (Å²) in [5.74, 6) is 0. The zero-order valence-corrected chi connectivity index (χ0v) is 12.9. The molecule has 4 rings (SSSR count). The van der Waals surface area contributed by atoms with Crippen molar-refractivity contribution < 1.29 is 0 Å². The molecule has 0 saturated carbocycles. The van der Waals surface area contributed by atoms with E-state index in [0.717, 1.165) is 19.5 Å². The molecule has 0 radical (unpaired) electrons. The summed E-state index contributed by atoms with van der Waals surface area (Å²) in [6, 6.07) is 19.2. The van der Waals surface area contributed by atoms with Crippen LogP contribution in [-0.2, 0) is 13.0 Å². The number of para-hydroxylation sites is 1. The molecule has 0 N–H and O–H groups in total. The zero-order chi connectivity index (χ0) is 14.9. The van der Waals surface area contributed by atoms with Crippen LogP contribution in [0.3, 0.4) is 0 Å². The molecule has 2 heteroatoms. The van der Waals surface area contributed by atoms with Crippen LogP contribution < -0.4 is 0 Å².